The van der Waals surface area contributed by atoms with E-state index in [9.17, 15) is 0 Å². The minimum Gasteiger partial charge on any atom is -0.493 e. The molecule has 0 saturated heterocycles. The van der Waals surface area contributed by atoms with Crippen molar-refractivity contribution in [2.24, 2.45) is 7.05 Å². The van der Waals surface area contributed by atoms with Gasteiger partial charge in [-0.25, -0.2) is 4.98 Å². The van der Waals surface area contributed by atoms with E-state index in [0.717, 1.165) is 45.0 Å². The number of imidazole rings is 1. The number of ether oxygens (including phenoxy) is 3. The first-order chi connectivity index (χ1) is 14.5. The molecule has 0 unspecified atom stereocenters. The van der Waals surface area contributed by atoms with E-state index < -0.39 is 0 Å². The zero-order valence-corrected chi connectivity index (χ0v) is 18.4. The van der Waals surface area contributed by atoms with Crippen LogP contribution < -0.4 is 14.2 Å². The van der Waals surface area contributed by atoms with Crippen LogP contribution in [0.5, 0.6) is 17.2 Å². The minimum atomic E-state index is 0.551. The van der Waals surface area contributed by atoms with Crippen molar-refractivity contribution < 1.29 is 14.2 Å². The van der Waals surface area contributed by atoms with E-state index in [2.05, 4.69) is 34.7 Å². The second-order valence-corrected chi connectivity index (χ2v) is 7.37. The van der Waals surface area contributed by atoms with Gasteiger partial charge in [0, 0.05) is 41.8 Å². The number of hydrogen-bond donors (Lipinski definition) is 0. The van der Waals surface area contributed by atoms with Gasteiger partial charge in [0.25, 0.3) is 0 Å². The van der Waals surface area contributed by atoms with Crippen molar-refractivity contribution in [2.75, 3.05) is 21.3 Å². The molecular weight excluding hydrogens is 402 g/mol. The summed E-state index contributed by atoms with van der Waals surface area (Å²) in [6.45, 7) is 2.97. The fourth-order valence-corrected chi connectivity index (χ4v) is 4.13. The van der Waals surface area contributed by atoms with Crippen LogP contribution in [0.25, 0.3) is 33.4 Å². The van der Waals surface area contributed by atoms with Gasteiger partial charge in [-0.05, 0) is 31.2 Å². The Kier molecular flexibility index (Phi) is 5.35. The summed E-state index contributed by atoms with van der Waals surface area (Å²) < 4.78 is 20.6. The Morgan fingerprint density at radius 3 is 2.27 bits per heavy atom. The maximum atomic E-state index is 6.51. The largest absolute Gasteiger partial charge is 0.493 e. The fraction of sp³-hybridized carbons (Fsp3) is 0.261. The van der Waals surface area contributed by atoms with Crippen LogP contribution in [0.1, 0.15) is 6.92 Å². The number of benzene rings is 2. The van der Waals surface area contributed by atoms with Gasteiger partial charge in [0.15, 0.2) is 11.5 Å². The first kappa shape index (κ1) is 20.2. The van der Waals surface area contributed by atoms with Crippen molar-refractivity contribution >= 4 is 22.5 Å². The van der Waals surface area contributed by atoms with Crippen molar-refractivity contribution in [3.8, 4) is 39.8 Å². The lowest BCUT2D eigenvalue weighted by atomic mass is 10.0. The number of methoxy groups -OCH3 is 3. The molecule has 0 aliphatic heterocycles. The summed E-state index contributed by atoms with van der Waals surface area (Å²) >= 11 is 6.51. The second kappa shape index (κ2) is 7.95. The van der Waals surface area contributed by atoms with E-state index in [1.54, 1.807) is 27.7 Å². The molecule has 0 aliphatic rings. The van der Waals surface area contributed by atoms with Gasteiger partial charge in [-0.1, -0.05) is 17.7 Å². The quantitative estimate of drug-likeness (QED) is 0.414. The third kappa shape index (κ3) is 3.17. The van der Waals surface area contributed by atoms with Crippen LogP contribution in [0.15, 0.2) is 42.9 Å². The van der Waals surface area contributed by atoms with E-state index in [4.69, 9.17) is 25.8 Å². The molecule has 0 fully saturated rings. The van der Waals surface area contributed by atoms with Gasteiger partial charge in [-0.2, -0.15) is 0 Å². The van der Waals surface area contributed by atoms with Crippen LogP contribution in [-0.2, 0) is 13.6 Å². The molecule has 4 aromatic rings. The molecule has 30 heavy (non-hydrogen) atoms. The Balaban J connectivity index is 1.91. The van der Waals surface area contributed by atoms with Gasteiger partial charge in [-0.3, -0.25) is 0 Å². The zero-order valence-electron chi connectivity index (χ0n) is 17.7. The normalized spacial score (nSPS) is 11.1. The van der Waals surface area contributed by atoms with E-state index in [0.29, 0.717) is 17.2 Å². The smallest absolute Gasteiger partial charge is 0.203 e. The van der Waals surface area contributed by atoms with Crippen molar-refractivity contribution in [1.82, 2.24) is 14.1 Å². The average molecular weight is 426 g/mol. The summed E-state index contributed by atoms with van der Waals surface area (Å²) in [6, 6.07) is 10.1. The summed E-state index contributed by atoms with van der Waals surface area (Å²) in [6.07, 6.45) is 3.77. The standard InChI is InChI=1S/C23H24ClN3O3/c1-6-27-12-17(24)16-9-14(7-8-18(16)27)22-21(25-13-26(22)2)15-10-19(28-3)23(30-5)20(11-15)29-4/h7-13H,6H2,1-5H3. The van der Waals surface area contributed by atoms with Crippen molar-refractivity contribution in [1.29, 1.82) is 0 Å². The number of halogens is 1. The van der Waals surface area contributed by atoms with E-state index in [1.165, 1.54) is 0 Å². The SMILES string of the molecule is CCn1cc(Cl)c2cc(-c3c(-c4cc(OC)c(OC)c(OC)c4)ncn3C)ccc21. The third-order valence-electron chi connectivity index (χ3n) is 5.32. The monoisotopic (exact) mass is 425 g/mol. The van der Waals surface area contributed by atoms with Crippen LogP contribution in [0.2, 0.25) is 5.02 Å². The van der Waals surface area contributed by atoms with Gasteiger partial charge < -0.3 is 23.3 Å². The zero-order chi connectivity index (χ0) is 21.4. The molecule has 0 spiro atoms. The third-order valence-corrected chi connectivity index (χ3v) is 5.62. The molecule has 0 aliphatic carbocycles. The Labute approximate surface area is 180 Å². The first-order valence-corrected chi connectivity index (χ1v) is 10.0. The summed E-state index contributed by atoms with van der Waals surface area (Å²) in [5.41, 5.74) is 4.82. The maximum Gasteiger partial charge on any atom is 0.203 e. The lowest BCUT2D eigenvalue weighted by Gasteiger charge is -2.14. The van der Waals surface area contributed by atoms with Crippen LogP contribution in [0.3, 0.4) is 0 Å². The van der Waals surface area contributed by atoms with Crippen LogP contribution in [-0.4, -0.2) is 35.4 Å². The van der Waals surface area contributed by atoms with Crippen molar-refractivity contribution in [3.05, 3.63) is 47.9 Å². The Hall–Kier alpha value is -3.12. The molecule has 0 saturated carbocycles. The molecule has 2 aromatic heterocycles. The van der Waals surface area contributed by atoms with Crippen LogP contribution in [0, 0.1) is 0 Å². The number of aromatic nitrogens is 3. The molecule has 0 N–H and O–H groups in total. The van der Waals surface area contributed by atoms with Gasteiger partial charge in [0.05, 0.1) is 44.1 Å². The molecule has 7 heteroatoms. The topological polar surface area (TPSA) is 50.4 Å². The van der Waals surface area contributed by atoms with E-state index in [1.807, 2.05) is 29.9 Å². The number of fused-ring (bicyclic) bond motifs is 1. The van der Waals surface area contributed by atoms with Crippen molar-refractivity contribution in [2.45, 2.75) is 13.5 Å². The fourth-order valence-electron chi connectivity index (χ4n) is 3.86. The summed E-state index contributed by atoms with van der Waals surface area (Å²) in [5.74, 6) is 1.72. The molecule has 2 heterocycles. The first-order valence-electron chi connectivity index (χ1n) is 9.62. The summed E-state index contributed by atoms with van der Waals surface area (Å²) in [7, 11) is 6.78. The predicted octanol–water partition coefficient (Wildman–Crippen LogP) is 5.41. The van der Waals surface area contributed by atoms with Gasteiger partial charge in [0.1, 0.15) is 0 Å². The highest BCUT2D eigenvalue weighted by atomic mass is 35.5. The molecule has 156 valence electrons. The number of hydrogen-bond acceptors (Lipinski definition) is 4. The average Bonchev–Trinajstić information content (AvgIpc) is 3.31. The summed E-state index contributed by atoms with van der Waals surface area (Å²) in [4.78, 5) is 4.67. The highest BCUT2D eigenvalue weighted by Gasteiger charge is 2.20. The lowest BCUT2D eigenvalue weighted by molar-refractivity contribution is 0.324. The molecule has 6 nitrogen and oxygen atoms in total. The molecule has 0 amide bonds. The van der Waals surface area contributed by atoms with E-state index in [-0.39, 0.29) is 0 Å². The Morgan fingerprint density at radius 2 is 1.67 bits per heavy atom. The van der Waals surface area contributed by atoms with Crippen LogP contribution in [0.4, 0.5) is 0 Å². The van der Waals surface area contributed by atoms with Gasteiger partial charge in [-0.15, -0.1) is 0 Å². The van der Waals surface area contributed by atoms with Gasteiger partial charge >= 0.3 is 0 Å². The highest BCUT2D eigenvalue weighted by Crippen LogP contribution is 2.43. The molecule has 2 aromatic carbocycles. The maximum absolute atomic E-state index is 6.51. The molecular formula is C23H24ClN3O3. The van der Waals surface area contributed by atoms with Crippen molar-refractivity contribution in [3.63, 3.8) is 0 Å². The summed E-state index contributed by atoms with van der Waals surface area (Å²) in [5, 5.41) is 1.76. The second-order valence-electron chi connectivity index (χ2n) is 6.96. The van der Waals surface area contributed by atoms with E-state index >= 15 is 0 Å². The van der Waals surface area contributed by atoms with Gasteiger partial charge in [0.2, 0.25) is 5.75 Å². The van der Waals surface area contributed by atoms with Crippen LogP contribution >= 0.6 is 11.6 Å². The molecule has 0 radical (unpaired) electrons. The number of aryl methyl sites for hydroxylation is 2. The number of nitrogens with zero attached hydrogens (tertiary/aromatic N) is 3. The Morgan fingerprint density at radius 1 is 0.967 bits per heavy atom. The molecule has 0 atom stereocenters. The lowest BCUT2D eigenvalue weighted by Crippen LogP contribution is -1.97. The highest BCUT2D eigenvalue weighted by molar-refractivity contribution is 6.35. The molecule has 4 rings (SSSR count). The minimum absolute atomic E-state index is 0.551. The molecule has 0 bridgehead atoms. The predicted molar refractivity (Wildman–Crippen MR) is 120 cm³/mol. The number of rotatable bonds is 6. The Bertz CT molecular complexity index is 1200.